The summed E-state index contributed by atoms with van der Waals surface area (Å²) in [6.45, 7) is 10.2. The van der Waals surface area contributed by atoms with Crippen molar-refractivity contribution < 1.29 is 17.9 Å². The number of benzene rings is 1. The highest BCUT2D eigenvalue weighted by Crippen LogP contribution is 2.30. The van der Waals surface area contributed by atoms with E-state index in [0.29, 0.717) is 24.5 Å². The van der Waals surface area contributed by atoms with Crippen LogP contribution >= 0.6 is 0 Å². The lowest BCUT2D eigenvalue weighted by Gasteiger charge is -2.32. The molecule has 0 N–H and O–H groups in total. The Labute approximate surface area is 164 Å². The molecule has 1 aliphatic heterocycles. The van der Waals surface area contributed by atoms with Gasteiger partial charge in [-0.05, 0) is 84.2 Å². The number of carbonyl (C=O) groups is 1. The van der Waals surface area contributed by atoms with Crippen LogP contribution in [0.25, 0.3) is 0 Å². The summed E-state index contributed by atoms with van der Waals surface area (Å²) in [4.78, 5) is 14.6. The van der Waals surface area contributed by atoms with Gasteiger partial charge in [-0.3, -0.25) is 4.79 Å². The fourth-order valence-electron chi connectivity index (χ4n) is 3.68. The van der Waals surface area contributed by atoms with Crippen LogP contribution in [0.3, 0.4) is 0 Å². The number of rotatable bonds is 8. The Kier molecular flexibility index (Phi) is 7.46. The summed E-state index contributed by atoms with van der Waals surface area (Å²) < 4.78 is 30.4. The van der Waals surface area contributed by atoms with Gasteiger partial charge in [0.25, 0.3) is 0 Å². The molecule has 0 aromatic heterocycles. The van der Waals surface area contributed by atoms with Gasteiger partial charge >= 0.3 is 5.97 Å². The number of nitrogens with zero attached hydrogens (tertiary/aromatic N) is 1. The maximum Gasteiger partial charge on any atom is 0.310 e. The van der Waals surface area contributed by atoms with Crippen molar-refractivity contribution in [3.63, 3.8) is 0 Å². The normalized spacial score (nSPS) is 19.0. The molecule has 5 nitrogen and oxygen atoms in total. The molecule has 0 saturated carbocycles. The summed E-state index contributed by atoms with van der Waals surface area (Å²) in [5.41, 5.74) is 0.949. The first kappa shape index (κ1) is 21.9. The minimum atomic E-state index is -3.39. The van der Waals surface area contributed by atoms with Crippen LogP contribution in [0.1, 0.15) is 52.0 Å². The van der Waals surface area contributed by atoms with Gasteiger partial charge in [0.05, 0.1) is 22.2 Å². The number of ether oxygens (including phenoxy) is 1. The summed E-state index contributed by atoms with van der Waals surface area (Å²) in [5.74, 6) is -0.160. The zero-order valence-corrected chi connectivity index (χ0v) is 17.8. The van der Waals surface area contributed by atoms with E-state index in [0.717, 1.165) is 37.9 Å². The Morgan fingerprint density at radius 1 is 1.33 bits per heavy atom. The molecule has 27 heavy (non-hydrogen) atoms. The second-order valence-electron chi connectivity index (χ2n) is 8.07. The number of aryl methyl sites for hydroxylation is 1. The largest absolute Gasteiger partial charge is 0.466 e. The molecule has 6 heteroatoms. The van der Waals surface area contributed by atoms with Gasteiger partial charge in [-0.1, -0.05) is 12.1 Å². The van der Waals surface area contributed by atoms with Crippen molar-refractivity contribution in [1.29, 1.82) is 0 Å². The summed E-state index contributed by atoms with van der Waals surface area (Å²) >= 11 is 0. The SMILES string of the molecule is CCOC(=O)[C@@H]1CCCN(CCCC(C)(C)S(=O)(=O)c2cccc(C)c2)C1. The molecule has 1 aromatic carbocycles. The van der Waals surface area contributed by atoms with Crippen molar-refractivity contribution >= 4 is 15.8 Å². The van der Waals surface area contributed by atoms with Crippen molar-refractivity contribution in [2.24, 2.45) is 5.92 Å². The molecule has 0 amide bonds. The van der Waals surface area contributed by atoms with Gasteiger partial charge in [-0.2, -0.15) is 0 Å². The average Bonchev–Trinajstić information content (AvgIpc) is 2.62. The number of hydrogen-bond acceptors (Lipinski definition) is 5. The van der Waals surface area contributed by atoms with Crippen molar-refractivity contribution in [1.82, 2.24) is 4.90 Å². The van der Waals surface area contributed by atoms with Gasteiger partial charge in [-0.25, -0.2) is 8.42 Å². The van der Waals surface area contributed by atoms with Gasteiger partial charge in [0, 0.05) is 6.54 Å². The van der Waals surface area contributed by atoms with Gasteiger partial charge in [0.15, 0.2) is 9.84 Å². The van der Waals surface area contributed by atoms with E-state index in [1.165, 1.54) is 0 Å². The fourth-order valence-corrected chi connectivity index (χ4v) is 5.33. The van der Waals surface area contributed by atoms with Crippen molar-refractivity contribution in [3.05, 3.63) is 29.8 Å². The van der Waals surface area contributed by atoms with Crippen LogP contribution in [-0.2, 0) is 19.4 Å². The lowest BCUT2D eigenvalue weighted by Crippen LogP contribution is -2.40. The van der Waals surface area contributed by atoms with Gasteiger partial charge < -0.3 is 9.64 Å². The number of likely N-dealkylation sites (tertiary alicyclic amines) is 1. The van der Waals surface area contributed by atoms with E-state index in [2.05, 4.69) is 4.90 Å². The highest BCUT2D eigenvalue weighted by Gasteiger charge is 2.35. The molecule has 1 aliphatic rings. The van der Waals surface area contributed by atoms with E-state index in [-0.39, 0.29) is 11.9 Å². The lowest BCUT2D eigenvalue weighted by atomic mass is 9.97. The second kappa shape index (κ2) is 9.20. The van der Waals surface area contributed by atoms with E-state index < -0.39 is 14.6 Å². The standard InChI is InChI=1S/C21H33NO4S/c1-5-26-20(23)18-10-7-13-22(16-18)14-8-12-21(3,4)27(24,25)19-11-6-9-17(2)15-19/h6,9,11,15,18H,5,7-8,10,12-14,16H2,1-4H3/t18-/m1/s1. The number of sulfone groups is 1. The number of hydrogen-bond donors (Lipinski definition) is 0. The molecule has 1 aromatic rings. The van der Waals surface area contributed by atoms with Crippen LogP contribution in [-0.4, -0.2) is 50.3 Å². The highest BCUT2D eigenvalue weighted by atomic mass is 32.2. The van der Waals surface area contributed by atoms with E-state index >= 15 is 0 Å². The lowest BCUT2D eigenvalue weighted by molar-refractivity contribution is -0.149. The quantitative estimate of drug-likeness (QED) is 0.629. The summed E-state index contributed by atoms with van der Waals surface area (Å²) in [6.07, 6.45) is 3.23. The molecular formula is C21H33NO4S. The third kappa shape index (κ3) is 5.55. The zero-order chi connectivity index (χ0) is 20.1. The van der Waals surface area contributed by atoms with Crippen molar-refractivity contribution in [3.8, 4) is 0 Å². The Bertz CT molecular complexity index is 742. The van der Waals surface area contributed by atoms with Gasteiger partial charge in [0.1, 0.15) is 0 Å². The topological polar surface area (TPSA) is 63.7 Å². The summed E-state index contributed by atoms with van der Waals surface area (Å²) in [6, 6.07) is 7.12. The summed E-state index contributed by atoms with van der Waals surface area (Å²) in [7, 11) is -3.39. The molecule has 0 bridgehead atoms. The highest BCUT2D eigenvalue weighted by molar-refractivity contribution is 7.92. The molecule has 1 saturated heterocycles. The van der Waals surface area contributed by atoms with Gasteiger partial charge in [-0.15, -0.1) is 0 Å². The van der Waals surface area contributed by atoms with Gasteiger partial charge in [0.2, 0.25) is 0 Å². The monoisotopic (exact) mass is 395 g/mol. The Hall–Kier alpha value is -1.40. The maximum absolute atomic E-state index is 13.0. The molecular weight excluding hydrogens is 362 g/mol. The predicted molar refractivity (Wildman–Crippen MR) is 107 cm³/mol. The van der Waals surface area contributed by atoms with Crippen LogP contribution in [0.2, 0.25) is 0 Å². The molecule has 152 valence electrons. The average molecular weight is 396 g/mol. The van der Waals surface area contributed by atoms with Crippen LogP contribution in [0.4, 0.5) is 0 Å². The molecule has 0 aliphatic carbocycles. The minimum absolute atomic E-state index is 0.0530. The van der Waals surface area contributed by atoms with E-state index in [9.17, 15) is 13.2 Å². The first-order chi connectivity index (χ1) is 12.7. The zero-order valence-electron chi connectivity index (χ0n) is 17.0. The molecule has 1 atom stereocenters. The predicted octanol–water partition coefficient (Wildman–Crippen LogP) is 3.60. The van der Waals surface area contributed by atoms with E-state index in [4.69, 9.17) is 4.74 Å². The van der Waals surface area contributed by atoms with Crippen LogP contribution in [0.15, 0.2) is 29.2 Å². The number of carbonyl (C=O) groups excluding carboxylic acids is 1. The van der Waals surface area contributed by atoms with E-state index in [1.54, 1.807) is 18.2 Å². The van der Waals surface area contributed by atoms with Crippen LogP contribution in [0, 0.1) is 12.8 Å². The minimum Gasteiger partial charge on any atom is -0.466 e. The number of piperidine rings is 1. The van der Waals surface area contributed by atoms with Crippen LogP contribution in [0.5, 0.6) is 0 Å². The molecule has 0 unspecified atom stereocenters. The Morgan fingerprint density at radius 3 is 2.74 bits per heavy atom. The smallest absolute Gasteiger partial charge is 0.310 e. The van der Waals surface area contributed by atoms with Crippen molar-refractivity contribution in [2.45, 2.75) is 63.0 Å². The Balaban J connectivity index is 1.92. The fraction of sp³-hybridized carbons (Fsp3) is 0.667. The molecule has 1 fully saturated rings. The summed E-state index contributed by atoms with van der Waals surface area (Å²) in [5, 5.41) is 0. The molecule has 2 rings (SSSR count). The maximum atomic E-state index is 13.0. The first-order valence-corrected chi connectivity index (χ1v) is 11.4. The molecule has 0 radical (unpaired) electrons. The first-order valence-electron chi connectivity index (χ1n) is 9.87. The third-order valence-corrected chi connectivity index (χ3v) is 7.94. The number of esters is 1. The Morgan fingerprint density at radius 2 is 2.07 bits per heavy atom. The molecule has 0 spiro atoms. The second-order valence-corrected chi connectivity index (χ2v) is 10.7. The van der Waals surface area contributed by atoms with Crippen molar-refractivity contribution in [2.75, 3.05) is 26.2 Å². The molecule has 1 heterocycles. The third-order valence-electron chi connectivity index (χ3n) is 5.41. The van der Waals surface area contributed by atoms with E-state index in [1.807, 2.05) is 33.8 Å². The van der Waals surface area contributed by atoms with Crippen LogP contribution < -0.4 is 0 Å².